The van der Waals surface area contributed by atoms with Gasteiger partial charge in [0.1, 0.15) is 17.1 Å². The fourth-order valence-corrected chi connectivity index (χ4v) is 4.91. The highest BCUT2D eigenvalue weighted by atomic mass is 32.1. The third-order valence-electron chi connectivity index (χ3n) is 5.78. The summed E-state index contributed by atoms with van der Waals surface area (Å²) in [7, 11) is 0. The molecule has 0 saturated carbocycles. The van der Waals surface area contributed by atoms with Gasteiger partial charge in [-0.15, -0.1) is 0 Å². The summed E-state index contributed by atoms with van der Waals surface area (Å²) >= 11 is 10.3. The van der Waals surface area contributed by atoms with Crippen LogP contribution in [0.1, 0.15) is 18.6 Å². The Labute approximate surface area is 179 Å². The first-order chi connectivity index (χ1) is 14.0. The number of para-hydroxylation sites is 1. The summed E-state index contributed by atoms with van der Waals surface area (Å²) in [6.07, 6.45) is 1.29. The van der Waals surface area contributed by atoms with Gasteiger partial charge in [0, 0.05) is 35.6 Å². The molecule has 2 unspecified atom stereocenters. The number of nitrogens with one attached hydrogen (secondary N) is 2. The quantitative estimate of drug-likeness (QED) is 0.577. The van der Waals surface area contributed by atoms with Crippen molar-refractivity contribution < 1.29 is 19.1 Å². The van der Waals surface area contributed by atoms with Crippen LogP contribution in [0.5, 0.6) is 0 Å². The summed E-state index contributed by atoms with van der Waals surface area (Å²) in [4.78, 5) is 26.7. The summed E-state index contributed by atoms with van der Waals surface area (Å²) in [5.74, 6) is -0.511. The van der Waals surface area contributed by atoms with Gasteiger partial charge >= 0.3 is 0 Å². The number of thiocarbonyl (C=S) groups is 2. The van der Waals surface area contributed by atoms with E-state index >= 15 is 0 Å². The Morgan fingerprint density at radius 3 is 2.76 bits per heavy atom. The lowest BCUT2D eigenvalue weighted by molar-refractivity contribution is -0.129. The highest BCUT2D eigenvalue weighted by Gasteiger charge is 2.46. The fraction of sp³-hybridized carbons (Fsp3) is 0.429. The van der Waals surface area contributed by atoms with E-state index in [1.54, 1.807) is 0 Å². The molecular formula is C21H22N2O4S2. The molecule has 152 valence electrons. The van der Waals surface area contributed by atoms with E-state index < -0.39 is 23.9 Å². The molecule has 3 N–H and O–H groups in total. The highest BCUT2D eigenvalue weighted by Crippen LogP contribution is 2.27. The van der Waals surface area contributed by atoms with Gasteiger partial charge in [0.25, 0.3) is 0 Å². The molecule has 1 aromatic heterocycles. The molecule has 0 spiro atoms. The number of ketones is 2. The molecule has 2 fully saturated rings. The van der Waals surface area contributed by atoms with Gasteiger partial charge in [-0.1, -0.05) is 30.4 Å². The van der Waals surface area contributed by atoms with Gasteiger partial charge in [0.2, 0.25) is 0 Å². The van der Waals surface area contributed by atoms with Gasteiger partial charge < -0.3 is 20.2 Å². The van der Waals surface area contributed by atoms with Crippen molar-refractivity contribution in [1.82, 2.24) is 10.6 Å². The van der Waals surface area contributed by atoms with Crippen LogP contribution in [0.25, 0.3) is 11.0 Å². The van der Waals surface area contributed by atoms with Gasteiger partial charge in [-0.3, -0.25) is 9.59 Å². The van der Waals surface area contributed by atoms with E-state index in [1.165, 1.54) is 0 Å². The van der Waals surface area contributed by atoms with E-state index in [0.717, 1.165) is 16.7 Å². The number of fused-ring (bicyclic) bond motifs is 1. The second-order valence-corrected chi connectivity index (χ2v) is 8.53. The number of aryl methyl sites for hydroxylation is 1. The molecule has 0 radical (unpaired) electrons. The Balaban J connectivity index is 1.45. The highest BCUT2D eigenvalue weighted by molar-refractivity contribution is 7.80. The van der Waals surface area contributed by atoms with Crippen molar-refractivity contribution in [3.8, 4) is 0 Å². The zero-order valence-corrected chi connectivity index (χ0v) is 17.4. The summed E-state index contributed by atoms with van der Waals surface area (Å²) in [5.41, 5.74) is 0.792. The molecule has 2 aromatic rings. The molecule has 0 bridgehead atoms. The Kier molecular flexibility index (Phi) is 5.87. The Hall–Kier alpha value is -2.00. The van der Waals surface area contributed by atoms with Crippen molar-refractivity contribution in [3.05, 3.63) is 36.1 Å². The van der Waals surface area contributed by atoms with Crippen molar-refractivity contribution in [2.45, 2.75) is 31.3 Å². The predicted octanol–water partition coefficient (Wildman–Crippen LogP) is 2.33. The van der Waals surface area contributed by atoms with Crippen LogP contribution in [0, 0.1) is 11.8 Å². The molecule has 2 saturated heterocycles. The number of rotatable bonds is 7. The van der Waals surface area contributed by atoms with E-state index in [0.29, 0.717) is 30.8 Å². The Morgan fingerprint density at radius 1 is 1.21 bits per heavy atom. The summed E-state index contributed by atoms with van der Waals surface area (Å²) in [6, 6.07) is 8.44. The zero-order chi connectivity index (χ0) is 20.5. The lowest BCUT2D eigenvalue weighted by atomic mass is 9.83. The van der Waals surface area contributed by atoms with Crippen LogP contribution in [0.15, 0.2) is 34.7 Å². The topological polar surface area (TPSA) is 91.6 Å². The lowest BCUT2D eigenvalue weighted by Gasteiger charge is -2.23. The molecule has 0 aliphatic carbocycles. The second-order valence-electron chi connectivity index (χ2n) is 7.59. The third-order valence-corrected chi connectivity index (χ3v) is 6.43. The molecule has 4 atom stereocenters. The maximum Gasteiger partial charge on any atom is 0.174 e. The molecule has 29 heavy (non-hydrogen) atoms. The molecule has 1 aromatic carbocycles. The molecule has 4 rings (SSSR count). The summed E-state index contributed by atoms with van der Waals surface area (Å²) < 4.78 is 5.79. The molecule has 0 amide bonds. The van der Waals surface area contributed by atoms with Gasteiger partial charge in [-0.05, 0) is 37.3 Å². The van der Waals surface area contributed by atoms with Gasteiger partial charge in [-0.25, -0.2) is 0 Å². The zero-order valence-electron chi connectivity index (χ0n) is 15.7. The van der Waals surface area contributed by atoms with E-state index in [1.807, 2.05) is 30.3 Å². The first-order valence-electron chi connectivity index (χ1n) is 9.72. The smallest absolute Gasteiger partial charge is 0.174 e. The lowest BCUT2D eigenvalue weighted by Crippen LogP contribution is -2.47. The third kappa shape index (κ3) is 4.02. The number of Topliss-reactive ketones (excluding diaryl/α,β-unsaturated/α-hetero) is 2. The molecule has 2 aliphatic rings. The predicted molar refractivity (Wildman–Crippen MR) is 118 cm³/mol. The van der Waals surface area contributed by atoms with Gasteiger partial charge in [-0.2, -0.15) is 0 Å². The van der Waals surface area contributed by atoms with Crippen LogP contribution < -0.4 is 10.6 Å². The normalized spacial score (nSPS) is 26.8. The maximum atomic E-state index is 13.1. The number of benzene rings is 1. The van der Waals surface area contributed by atoms with E-state index in [-0.39, 0.29) is 23.0 Å². The maximum absolute atomic E-state index is 13.1. The largest absolute Gasteiger partial charge is 0.501 e. The SMILES string of the molecule is O=C(CCc1cc2ccccc2o1)C1C(=S)CN[C@@H]1C(=O)C1CCN[C@@H]1C(O)=S. The molecule has 6 nitrogen and oxygen atoms in total. The Bertz CT molecular complexity index is 953. The second kappa shape index (κ2) is 8.39. The van der Waals surface area contributed by atoms with Gasteiger partial charge in [0.05, 0.1) is 18.0 Å². The average molecular weight is 431 g/mol. The van der Waals surface area contributed by atoms with Crippen LogP contribution in [-0.2, 0) is 16.0 Å². The molecule has 2 aliphatic heterocycles. The van der Waals surface area contributed by atoms with E-state index in [2.05, 4.69) is 10.6 Å². The molecule has 8 heteroatoms. The van der Waals surface area contributed by atoms with Crippen molar-refractivity contribution in [3.63, 3.8) is 0 Å². The first-order valence-corrected chi connectivity index (χ1v) is 10.5. The fourth-order valence-electron chi connectivity index (χ4n) is 4.32. The number of hydrogen-bond donors (Lipinski definition) is 3. The molecular weight excluding hydrogens is 408 g/mol. The molecule has 3 heterocycles. The summed E-state index contributed by atoms with van der Waals surface area (Å²) in [5, 5.41) is 16.7. The van der Waals surface area contributed by atoms with Crippen LogP contribution in [0.3, 0.4) is 0 Å². The average Bonchev–Trinajstić information content (AvgIpc) is 3.42. The standard InChI is InChI=1S/C21H22N2O4S2/c24-14(6-5-12-9-11-3-1-2-4-15(11)27-12)17-16(28)10-23-19(17)20(25)13-7-8-22-18(13)21(26)29/h1-4,9,13,17-19,22-23H,5-8,10H2,(H,26,29)/t13?,17?,18-,19-/m0/s1. The van der Waals surface area contributed by atoms with Crippen LogP contribution in [0.4, 0.5) is 0 Å². The van der Waals surface area contributed by atoms with E-state index in [4.69, 9.17) is 28.9 Å². The monoisotopic (exact) mass is 430 g/mol. The van der Waals surface area contributed by atoms with Crippen molar-refractivity contribution >= 4 is 56.9 Å². The first kappa shape index (κ1) is 20.3. The minimum atomic E-state index is -0.660. The number of hydrogen-bond acceptors (Lipinski definition) is 7. The number of furan rings is 1. The van der Waals surface area contributed by atoms with Crippen LogP contribution >= 0.6 is 24.4 Å². The van der Waals surface area contributed by atoms with Crippen LogP contribution in [-0.4, -0.2) is 51.8 Å². The van der Waals surface area contributed by atoms with Crippen molar-refractivity contribution in [2.75, 3.05) is 13.1 Å². The summed E-state index contributed by atoms with van der Waals surface area (Å²) in [6.45, 7) is 0.963. The van der Waals surface area contributed by atoms with Gasteiger partial charge in [0.15, 0.2) is 10.8 Å². The minimum Gasteiger partial charge on any atom is -0.501 e. The minimum absolute atomic E-state index is 0.0621. The number of aliphatic hydroxyl groups excluding tert-OH is 1. The van der Waals surface area contributed by atoms with Crippen molar-refractivity contribution in [1.29, 1.82) is 0 Å². The van der Waals surface area contributed by atoms with E-state index in [9.17, 15) is 14.7 Å². The number of aliphatic hydroxyl groups is 1. The Morgan fingerprint density at radius 2 is 2.00 bits per heavy atom. The van der Waals surface area contributed by atoms with Crippen LogP contribution in [0.2, 0.25) is 0 Å². The van der Waals surface area contributed by atoms with Crippen molar-refractivity contribution in [2.24, 2.45) is 11.8 Å². The number of carbonyl (C=O) groups excluding carboxylic acids is 2. The number of carbonyl (C=O) groups is 2.